The minimum atomic E-state index is -1.32. The lowest BCUT2D eigenvalue weighted by Crippen LogP contribution is -2.15. The van der Waals surface area contributed by atoms with Crippen LogP contribution in [0.2, 0.25) is 5.02 Å². The molecule has 19 heavy (non-hydrogen) atoms. The fourth-order valence-electron chi connectivity index (χ4n) is 1.38. The molecule has 1 amide bonds. The van der Waals surface area contributed by atoms with E-state index >= 15 is 0 Å². The van der Waals surface area contributed by atoms with Crippen molar-refractivity contribution in [2.24, 2.45) is 0 Å². The summed E-state index contributed by atoms with van der Waals surface area (Å²) < 4.78 is 27.2. The van der Waals surface area contributed by atoms with E-state index in [-0.39, 0.29) is 0 Å². The third-order valence-corrected chi connectivity index (χ3v) is 3.27. The number of amides is 1. The Labute approximate surface area is 126 Å². The minimum absolute atomic E-state index is 0.309. The van der Waals surface area contributed by atoms with E-state index in [4.69, 9.17) is 11.6 Å². The van der Waals surface area contributed by atoms with Crippen LogP contribution in [0.15, 0.2) is 30.5 Å². The number of hydrogen-bond acceptors (Lipinski definition) is 2. The summed E-state index contributed by atoms with van der Waals surface area (Å²) in [7, 11) is 0. The van der Waals surface area contributed by atoms with Crippen molar-refractivity contribution in [3.63, 3.8) is 0 Å². The average molecular weight is 395 g/mol. The summed E-state index contributed by atoms with van der Waals surface area (Å²) >= 11 is 7.94. The van der Waals surface area contributed by atoms with Gasteiger partial charge in [0.25, 0.3) is 5.91 Å². The molecule has 2 aromatic rings. The Kier molecular flexibility index (Phi) is 4.31. The largest absolute Gasteiger partial charge is 0.321 e. The molecule has 3 nitrogen and oxygen atoms in total. The van der Waals surface area contributed by atoms with Crippen molar-refractivity contribution in [1.82, 2.24) is 4.98 Å². The number of nitrogens with zero attached hydrogens (tertiary/aromatic N) is 1. The zero-order chi connectivity index (χ0) is 14.0. The Morgan fingerprint density at radius 1 is 1.32 bits per heavy atom. The average Bonchev–Trinajstić information content (AvgIpc) is 2.37. The molecule has 1 N–H and O–H groups in total. The topological polar surface area (TPSA) is 42.0 Å². The molecular weight excluding hydrogens is 388 g/mol. The van der Waals surface area contributed by atoms with Crippen LogP contribution in [0.1, 0.15) is 10.4 Å². The van der Waals surface area contributed by atoms with Gasteiger partial charge in [-0.15, -0.1) is 0 Å². The highest BCUT2D eigenvalue weighted by molar-refractivity contribution is 14.1. The van der Waals surface area contributed by atoms with Crippen molar-refractivity contribution < 1.29 is 13.6 Å². The van der Waals surface area contributed by atoms with Gasteiger partial charge in [-0.1, -0.05) is 11.6 Å². The van der Waals surface area contributed by atoms with Gasteiger partial charge in [-0.25, -0.2) is 9.37 Å². The molecule has 0 unspecified atom stereocenters. The highest BCUT2D eigenvalue weighted by atomic mass is 127. The van der Waals surface area contributed by atoms with E-state index in [0.29, 0.717) is 10.7 Å². The lowest BCUT2D eigenvalue weighted by Gasteiger charge is -2.08. The van der Waals surface area contributed by atoms with Gasteiger partial charge in [-0.2, -0.15) is 4.39 Å². The second-order valence-electron chi connectivity index (χ2n) is 3.54. The summed E-state index contributed by atoms with van der Waals surface area (Å²) in [4.78, 5) is 15.0. The molecule has 0 saturated carbocycles. The summed E-state index contributed by atoms with van der Waals surface area (Å²) in [5.41, 5.74) is -0.0994. The smallest absolute Gasteiger partial charge is 0.258 e. The standard InChI is InChI=1S/C12H6ClF2IN2O/c13-8-2-1-6(16)5-9(8)18-12(19)7-3-4-17-11(15)10(7)14/h1-5H,(H,18,19). The summed E-state index contributed by atoms with van der Waals surface area (Å²) in [6.07, 6.45) is 1.02. The molecule has 1 heterocycles. The molecule has 0 spiro atoms. The normalized spacial score (nSPS) is 10.3. The number of nitrogens with one attached hydrogen (secondary N) is 1. The summed E-state index contributed by atoms with van der Waals surface area (Å²) in [6, 6.07) is 6.07. The van der Waals surface area contributed by atoms with Crippen LogP contribution in [0.4, 0.5) is 14.5 Å². The van der Waals surface area contributed by atoms with Gasteiger partial charge in [0.2, 0.25) is 5.95 Å². The van der Waals surface area contributed by atoms with Crippen LogP contribution < -0.4 is 5.32 Å². The fraction of sp³-hybridized carbons (Fsp3) is 0. The molecule has 0 aliphatic rings. The first-order chi connectivity index (χ1) is 8.99. The Morgan fingerprint density at radius 3 is 2.79 bits per heavy atom. The first kappa shape index (κ1) is 14.1. The maximum atomic E-state index is 13.4. The maximum Gasteiger partial charge on any atom is 0.258 e. The number of carbonyl (C=O) groups is 1. The predicted octanol–water partition coefficient (Wildman–Crippen LogP) is 3.87. The SMILES string of the molecule is O=C(Nc1cc(I)ccc1Cl)c1ccnc(F)c1F. The summed E-state index contributed by atoms with van der Waals surface area (Å²) in [5.74, 6) is -3.40. The van der Waals surface area contributed by atoms with Crippen LogP contribution in [0.25, 0.3) is 0 Å². The first-order valence-corrected chi connectivity index (χ1v) is 6.51. The molecule has 0 saturated heterocycles. The van der Waals surface area contributed by atoms with Crippen LogP contribution in [-0.2, 0) is 0 Å². The molecule has 0 fully saturated rings. The number of carbonyl (C=O) groups excluding carboxylic acids is 1. The van der Waals surface area contributed by atoms with Crippen molar-refractivity contribution in [3.8, 4) is 0 Å². The van der Waals surface area contributed by atoms with Gasteiger partial charge in [0.15, 0.2) is 5.82 Å². The lowest BCUT2D eigenvalue weighted by molar-refractivity contribution is 0.102. The number of benzene rings is 1. The van der Waals surface area contributed by atoms with Crippen molar-refractivity contribution in [1.29, 1.82) is 0 Å². The molecule has 1 aromatic heterocycles. The van der Waals surface area contributed by atoms with E-state index in [1.807, 2.05) is 22.6 Å². The van der Waals surface area contributed by atoms with E-state index < -0.39 is 23.2 Å². The van der Waals surface area contributed by atoms with Crippen molar-refractivity contribution >= 4 is 45.8 Å². The lowest BCUT2D eigenvalue weighted by atomic mass is 10.2. The van der Waals surface area contributed by atoms with Gasteiger partial charge in [0.05, 0.1) is 16.3 Å². The number of anilines is 1. The molecule has 0 aliphatic heterocycles. The van der Waals surface area contributed by atoms with Crippen molar-refractivity contribution in [2.45, 2.75) is 0 Å². The molecule has 0 radical (unpaired) electrons. The molecule has 2 rings (SSSR count). The Balaban J connectivity index is 2.31. The number of hydrogen-bond donors (Lipinski definition) is 1. The van der Waals surface area contributed by atoms with E-state index in [0.717, 1.165) is 15.8 Å². The molecular formula is C12H6ClF2IN2O. The second kappa shape index (κ2) is 5.79. The molecule has 7 heteroatoms. The second-order valence-corrected chi connectivity index (χ2v) is 5.19. The third kappa shape index (κ3) is 3.19. The summed E-state index contributed by atoms with van der Waals surface area (Å²) in [6.45, 7) is 0. The fourth-order valence-corrected chi connectivity index (χ4v) is 2.03. The Morgan fingerprint density at radius 2 is 2.05 bits per heavy atom. The summed E-state index contributed by atoms with van der Waals surface area (Å²) in [5, 5.41) is 2.73. The zero-order valence-corrected chi connectivity index (χ0v) is 12.2. The molecule has 98 valence electrons. The van der Waals surface area contributed by atoms with Gasteiger partial charge in [-0.05, 0) is 46.9 Å². The predicted molar refractivity (Wildman–Crippen MR) is 76.3 cm³/mol. The molecule has 0 atom stereocenters. The third-order valence-electron chi connectivity index (χ3n) is 2.27. The van der Waals surface area contributed by atoms with Gasteiger partial charge in [-0.3, -0.25) is 4.79 Å². The van der Waals surface area contributed by atoms with Crippen LogP contribution in [0.3, 0.4) is 0 Å². The maximum absolute atomic E-state index is 13.4. The van der Waals surface area contributed by atoms with E-state index in [1.165, 1.54) is 0 Å². The van der Waals surface area contributed by atoms with Crippen LogP contribution >= 0.6 is 34.2 Å². The van der Waals surface area contributed by atoms with Crippen molar-refractivity contribution in [2.75, 3.05) is 5.32 Å². The Bertz CT molecular complexity index is 652. The molecule has 0 bridgehead atoms. The van der Waals surface area contributed by atoms with Crippen LogP contribution in [0, 0.1) is 15.3 Å². The van der Waals surface area contributed by atoms with E-state index in [1.54, 1.807) is 18.2 Å². The van der Waals surface area contributed by atoms with E-state index in [9.17, 15) is 13.6 Å². The van der Waals surface area contributed by atoms with Crippen molar-refractivity contribution in [3.05, 3.63) is 56.4 Å². The number of halogens is 4. The molecule has 1 aromatic carbocycles. The minimum Gasteiger partial charge on any atom is -0.321 e. The van der Waals surface area contributed by atoms with Gasteiger partial charge in [0, 0.05) is 9.77 Å². The first-order valence-electron chi connectivity index (χ1n) is 5.05. The van der Waals surface area contributed by atoms with Crippen LogP contribution in [0.5, 0.6) is 0 Å². The van der Waals surface area contributed by atoms with Gasteiger partial charge in [0.1, 0.15) is 0 Å². The quantitative estimate of drug-likeness (QED) is 0.621. The van der Waals surface area contributed by atoms with Crippen LogP contribution in [-0.4, -0.2) is 10.9 Å². The Hall–Kier alpha value is -1.28. The monoisotopic (exact) mass is 394 g/mol. The highest BCUT2D eigenvalue weighted by Gasteiger charge is 2.17. The van der Waals surface area contributed by atoms with E-state index in [2.05, 4.69) is 10.3 Å². The zero-order valence-electron chi connectivity index (χ0n) is 9.25. The molecule has 0 aliphatic carbocycles. The highest BCUT2D eigenvalue weighted by Crippen LogP contribution is 2.24. The van der Waals surface area contributed by atoms with Gasteiger partial charge < -0.3 is 5.32 Å². The number of pyridine rings is 1. The number of aromatic nitrogens is 1. The van der Waals surface area contributed by atoms with Gasteiger partial charge >= 0.3 is 0 Å². The number of rotatable bonds is 2.